The van der Waals surface area contributed by atoms with Crippen LogP contribution >= 0.6 is 11.6 Å². The number of nitrogens with one attached hydrogen (secondary N) is 1. The highest BCUT2D eigenvalue weighted by Crippen LogP contribution is 2.20. The fraction of sp³-hybridized carbons (Fsp3) is 0. The Balaban J connectivity index is 1.76. The summed E-state index contributed by atoms with van der Waals surface area (Å²) < 4.78 is 40.0. The van der Waals surface area contributed by atoms with Crippen LogP contribution in [0.3, 0.4) is 0 Å². The molecule has 1 N–H and O–H groups in total. The maximum absolute atomic E-state index is 12.9. The van der Waals surface area contributed by atoms with Gasteiger partial charge in [-0.3, -0.25) is 9.71 Å². The van der Waals surface area contributed by atoms with Crippen LogP contribution in [0.5, 0.6) is 0 Å². The highest BCUT2D eigenvalue weighted by Gasteiger charge is 2.13. The molecule has 0 unspecified atom stereocenters. The highest BCUT2D eigenvalue weighted by atomic mass is 35.5. The van der Waals surface area contributed by atoms with Gasteiger partial charge in [-0.2, -0.15) is 0 Å². The van der Waals surface area contributed by atoms with Crippen LogP contribution in [0.15, 0.2) is 82.7 Å². The largest absolute Gasteiger partial charge is 0.280 e. The normalized spacial score (nSPS) is 11.6. The average Bonchev–Trinajstić information content (AvgIpc) is 2.63. The predicted molar refractivity (Wildman–Crippen MR) is 102 cm³/mol. The lowest BCUT2D eigenvalue weighted by Gasteiger charge is -2.08. The molecule has 0 amide bonds. The second-order valence-electron chi connectivity index (χ2n) is 5.39. The lowest BCUT2D eigenvalue weighted by Crippen LogP contribution is -2.12. The molecular formula is C19H14ClFN2O2S. The van der Waals surface area contributed by atoms with E-state index >= 15 is 0 Å². The molecule has 0 spiro atoms. The molecule has 0 fully saturated rings. The van der Waals surface area contributed by atoms with Crippen molar-refractivity contribution in [1.29, 1.82) is 0 Å². The summed E-state index contributed by atoms with van der Waals surface area (Å²) in [6.07, 6.45) is 1.61. The van der Waals surface area contributed by atoms with Crippen molar-refractivity contribution in [2.45, 2.75) is 4.90 Å². The molecule has 0 aliphatic rings. The Morgan fingerprint density at radius 3 is 2.23 bits per heavy atom. The minimum atomic E-state index is -3.76. The second-order valence-corrected chi connectivity index (χ2v) is 7.48. The number of sulfonamides is 1. The summed E-state index contributed by atoms with van der Waals surface area (Å²) in [5.74, 6) is -0.436. The number of nitrogens with zero attached hydrogens (tertiary/aromatic N) is 1. The fourth-order valence-electron chi connectivity index (χ4n) is 2.17. The molecule has 0 heterocycles. The van der Waals surface area contributed by atoms with Crippen LogP contribution in [0.4, 0.5) is 15.8 Å². The van der Waals surface area contributed by atoms with E-state index in [0.717, 1.165) is 5.56 Å². The third-order valence-electron chi connectivity index (χ3n) is 3.50. The van der Waals surface area contributed by atoms with Gasteiger partial charge in [0.05, 0.1) is 10.6 Å². The zero-order valence-electron chi connectivity index (χ0n) is 13.4. The number of aliphatic imine (C=N–C) groups is 1. The zero-order valence-corrected chi connectivity index (χ0v) is 15.0. The van der Waals surface area contributed by atoms with Gasteiger partial charge in [0.15, 0.2) is 0 Å². The molecule has 0 atom stereocenters. The van der Waals surface area contributed by atoms with E-state index in [0.29, 0.717) is 10.7 Å². The SMILES string of the molecule is O=S(=O)(Nc1ccc(F)cc1)c1ccc(N=Cc2ccccc2Cl)cc1. The molecule has 132 valence electrons. The van der Waals surface area contributed by atoms with E-state index < -0.39 is 15.8 Å². The maximum Gasteiger partial charge on any atom is 0.261 e. The lowest BCUT2D eigenvalue weighted by atomic mass is 10.2. The van der Waals surface area contributed by atoms with Crippen LogP contribution < -0.4 is 4.72 Å². The Bertz CT molecular complexity index is 1030. The minimum Gasteiger partial charge on any atom is -0.280 e. The predicted octanol–water partition coefficient (Wildman–Crippen LogP) is 5.03. The lowest BCUT2D eigenvalue weighted by molar-refractivity contribution is 0.601. The molecule has 0 aromatic heterocycles. The van der Waals surface area contributed by atoms with Crippen molar-refractivity contribution in [1.82, 2.24) is 0 Å². The molecule has 0 saturated heterocycles. The van der Waals surface area contributed by atoms with Crippen LogP contribution in [-0.2, 0) is 10.0 Å². The average molecular weight is 389 g/mol. The molecule has 0 radical (unpaired) electrons. The van der Waals surface area contributed by atoms with Crippen molar-refractivity contribution in [2.75, 3.05) is 4.72 Å². The smallest absolute Gasteiger partial charge is 0.261 e. The molecule has 4 nitrogen and oxygen atoms in total. The van der Waals surface area contributed by atoms with E-state index in [1.807, 2.05) is 18.2 Å². The van der Waals surface area contributed by atoms with Gasteiger partial charge in [-0.1, -0.05) is 29.8 Å². The number of hydrogen-bond donors (Lipinski definition) is 1. The Kier molecular flexibility index (Phi) is 5.35. The van der Waals surface area contributed by atoms with E-state index in [1.54, 1.807) is 24.4 Å². The Morgan fingerprint density at radius 1 is 0.923 bits per heavy atom. The summed E-state index contributed by atoms with van der Waals surface area (Å²) in [6, 6.07) is 18.4. The van der Waals surface area contributed by atoms with Crippen molar-refractivity contribution in [3.8, 4) is 0 Å². The van der Waals surface area contributed by atoms with Gasteiger partial charge >= 0.3 is 0 Å². The molecule has 3 aromatic carbocycles. The van der Waals surface area contributed by atoms with E-state index in [4.69, 9.17) is 11.6 Å². The monoisotopic (exact) mass is 388 g/mol. The molecule has 0 bridgehead atoms. The Hall–Kier alpha value is -2.70. The fourth-order valence-corrected chi connectivity index (χ4v) is 3.41. The summed E-state index contributed by atoms with van der Waals surface area (Å²) in [7, 11) is -3.76. The summed E-state index contributed by atoms with van der Waals surface area (Å²) in [4.78, 5) is 4.37. The molecule has 0 saturated carbocycles. The van der Waals surface area contributed by atoms with Crippen LogP contribution in [0, 0.1) is 5.82 Å². The number of hydrogen-bond acceptors (Lipinski definition) is 3. The topological polar surface area (TPSA) is 58.5 Å². The molecule has 0 aliphatic carbocycles. The molecule has 26 heavy (non-hydrogen) atoms. The van der Waals surface area contributed by atoms with E-state index in [2.05, 4.69) is 9.71 Å². The number of halogens is 2. The number of anilines is 1. The van der Waals surface area contributed by atoms with Gasteiger partial charge in [-0.05, 0) is 54.6 Å². The van der Waals surface area contributed by atoms with Gasteiger partial charge < -0.3 is 0 Å². The summed E-state index contributed by atoms with van der Waals surface area (Å²) >= 11 is 6.06. The van der Waals surface area contributed by atoms with E-state index in [9.17, 15) is 12.8 Å². The standard InChI is InChI=1S/C19H14ClFN2O2S/c20-19-4-2-1-3-14(19)13-22-16-9-11-18(12-10-16)26(24,25)23-17-7-5-15(21)6-8-17/h1-13,23H. The van der Waals surface area contributed by atoms with Crippen molar-refractivity contribution >= 4 is 39.2 Å². The summed E-state index contributed by atoms with van der Waals surface area (Å²) in [6.45, 7) is 0. The molecule has 3 rings (SSSR count). The van der Waals surface area contributed by atoms with Crippen molar-refractivity contribution in [2.24, 2.45) is 4.99 Å². The molecule has 0 aliphatic heterocycles. The third-order valence-corrected chi connectivity index (χ3v) is 5.24. The zero-order chi connectivity index (χ0) is 18.6. The van der Waals surface area contributed by atoms with Gasteiger partial charge in [0.25, 0.3) is 10.0 Å². The van der Waals surface area contributed by atoms with Crippen LogP contribution in [0.2, 0.25) is 5.02 Å². The van der Waals surface area contributed by atoms with Crippen molar-refractivity contribution < 1.29 is 12.8 Å². The first-order chi connectivity index (χ1) is 12.4. The molecular weight excluding hydrogens is 375 g/mol. The maximum atomic E-state index is 12.9. The van der Waals surface area contributed by atoms with Gasteiger partial charge in [-0.25, -0.2) is 12.8 Å². The summed E-state index contributed by atoms with van der Waals surface area (Å²) in [5.41, 5.74) is 1.64. The first-order valence-corrected chi connectivity index (χ1v) is 9.47. The quantitative estimate of drug-likeness (QED) is 0.623. The van der Waals surface area contributed by atoms with Crippen LogP contribution in [0.25, 0.3) is 0 Å². The number of benzene rings is 3. The minimum absolute atomic E-state index is 0.0820. The Morgan fingerprint density at radius 2 is 1.58 bits per heavy atom. The van der Waals surface area contributed by atoms with Crippen LogP contribution in [0.1, 0.15) is 5.56 Å². The number of rotatable bonds is 5. The van der Waals surface area contributed by atoms with Crippen LogP contribution in [-0.4, -0.2) is 14.6 Å². The molecule has 7 heteroatoms. The van der Waals surface area contributed by atoms with Gasteiger partial charge in [0, 0.05) is 22.5 Å². The molecule has 3 aromatic rings. The van der Waals surface area contributed by atoms with Crippen molar-refractivity contribution in [3.05, 3.63) is 89.2 Å². The van der Waals surface area contributed by atoms with E-state index in [-0.39, 0.29) is 10.6 Å². The summed E-state index contributed by atoms with van der Waals surface area (Å²) in [5, 5.41) is 0.582. The first-order valence-electron chi connectivity index (χ1n) is 7.61. The van der Waals surface area contributed by atoms with Gasteiger partial charge in [0.2, 0.25) is 0 Å². The second kappa shape index (κ2) is 7.68. The Labute approximate surface area is 156 Å². The van der Waals surface area contributed by atoms with Gasteiger partial charge in [-0.15, -0.1) is 0 Å². The van der Waals surface area contributed by atoms with Crippen molar-refractivity contribution in [3.63, 3.8) is 0 Å². The highest BCUT2D eigenvalue weighted by molar-refractivity contribution is 7.92. The first kappa shape index (κ1) is 18.1. The van der Waals surface area contributed by atoms with Gasteiger partial charge in [0.1, 0.15) is 5.82 Å². The third kappa shape index (κ3) is 4.47. The van der Waals surface area contributed by atoms with E-state index in [1.165, 1.54) is 36.4 Å².